The monoisotopic (exact) mass is 373 g/mol. The lowest BCUT2D eigenvalue weighted by atomic mass is 9.98. The summed E-state index contributed by atoms with van der Waals surface area (Å²) in [5.74, 6) is 1.62. The molecular formula is C20H23NO4S. The molecular weight excluding hydrogens is 350 g/mol. The predicted octanol–water partition coefficient (Wildman–Crippen LogP) is 3.70. The van der Waals surface area contributed by atoms with Gasteiger partial charge in [-0.2, -0.15) is 0 Å². The standard InChI is InChI=1S/C20H23NO4S/c1-24-17-11-14-8-9-21(13-15(14)12-18(17)25-2)20(23)7-3-5-16(22)19-6-4-10-26-19/h4,6,10-12H,3,5,7-9,13H2,1-2H3. The van der Waals surface area contributed by atoms with Crippen LogP contribution in [0.25, 0.3) is 0 Å². The molecule has 0 fully saturated rings. The van der Waals surface area contributed by atoms with E-state index in [4.69, 9.17) is 9.47 Å². The zero-order valence-electron chi connectivity index (χ0n) is 15.1. The summed E-state index contributed by atoms with van der Waals surface area (Å²) in [5.41, 5.74) is 2.29. The lowest BCUT2D eigenvalue weighted by Gasteiger charge is -2.29. The molecule has 2 heterocycles. The predicted molar refractivity (Wildman–Crippen MR) is 101 cm³/mol. The second kappa shape index (κ2) is 8.36. The van der Waals surface area contributed by atoms with Crippen LogP contribution >= 0.6 is 11.3 Å². The third-order valence-corrected chi connectivity index (χ3v) is 5.57. The summed E-state index contributed by atoms with van der Waals surface area (Å²) in [6.45, 7) is 1.27. The Morgan fingerprint density at radius 2 is 1.85 bits per heavy atom. The Bertz CT molecular complexity index is 785. The van der Waals surface area contributed by atoms with Crippen molar-refractivity contribution in [1.29, 1.82) is 0 Å². The number of Topliss-reactive ketones (excluding diaryl/α,β-unsaturated/α-hetero) is 1. The van der Waals surface area contributed by atoms with E-state index in [9.17, 15) is 9.59 Å². The van der Waals surface area contributed by atoms with Crippen molar-refractivity contribution < 1.29 is 19.1 Å². The Balaban J connectivity index is 1.56. The summed E-state index contributed by atoms with van der Waals surface area (Å²) < 4.78 is 10.7. The minimum Gasteiger partial charge on any atom is -0.493 e. The van der Waals surface area contributed by atoms with Crippen LogP contribution in [0.4, 0.5) is 0 Å². The topological polar surface area (TPSA) is 55.8 Å². The molecule has 1 aliphatic rings. The molecule has 0 N–H and O–H groups in total. The zero-order valence-corrected chi connectivity index (χ0v) is 15.9. The van der Waals surface area contributed by atoms with Crippen molar-refractivity contribution in [3.63, 3.8) is 0 Å². The number of nitrogens with zero attached hydrogens (tertiary/aromatic N) is 1. The van der Waals surface area contributed by atoms with E-state index in [1.54, 1.807) is 14.2 Å². The maximum Gasteiger partial charge on any atom is 0.222 e. The van der Waals surface area contributed by atoms with Crippen LogP contribution in [0.2, 0.25) is 0 Å². The zero-order chi connectivity index (χ0) is 18.5. The van der Waals surface area contributed by atoms with Gasteiger partial charge in [-0.15, -0.1) is 11.3 Å². The second-order valence-electron chi connectivity index (χ2n) is 6.30. The summed E-state index contributed by atoms with van der Waals surface area (Å²) in [5, 5.41) is 1.90. The Hall–Kier alpha value is -2.34. The number of benzene rings is 1. The number of carbonyl (C=O) groups excluding carboxylic acids is 2. The number of amides is 1. The van der Waals surface area contributed by atoms with E-state index in [1.165, 1.54) is 16.9 Å². The second-order valence-corrected chi connectivity index (χ2v) is 7.24. The molecule has 1 amide bonds. The van der Waals surface area contributed by atoms with Gasteiger partial charge in [0.05, 0.1) is 19.1 Å². The van der Waals surface area contributed by atoms with Crippen LogP contribution in [0.3, 0.4) is 0 Å². The Morgan fingerprint density at radius 3 is 2.50 bits per heavy atom. The van der Waals surface area contributed by atoms with E-state index in [2.05, 4.69) is 0 Å². The number of methoxy groups -OCH3 is 2. The van der Waals surface area contributed by atoms with Crippen molar-refractivity contribution in [2.24, 2.45) is 0 Å². The highest BCUT2D eigenvalue weighted by molar-refractivity contribution is 7.12. The van der Waals surface area contributed by atoms with Crippen molar-refractivity contribution in [2.75, 3.05) is 20.8 Å². The molecule has 1 aromatic carbocycles. The molecule has 3 rings (SSSR count). The maximum atomic E-state index is 12.5. The van der Waals surface area contributed by atoms with Crippen LogP contribution in [-0.2, 0) is 17.8 Å². The van der Waals surface area contributed by atoms with Crippen molar-refractivity contribution in [1.82, 2.24) is 4.90 Å². The Kier molecular flexibility index (Phi) is 5.93. The van der Waals surface area contributed by atoms with Crippen molar-refractivity contribution in [3.8, 4) is 11.5 Å². The highest BCUT2D eigenvalue weighted by Crippen LogP contribution is 2.33. The third-order valence-electron chi connectivity index (χ3n) is 4.66. The molecule has 1 aliphatic heterocycles. The smallest absolute Gasteiger partial charge is 0.222 e. The van der Waals surface area contributed by atoms with Gasteiger partial charge in [-0.25, -0.2) is 0 Å². The maximum absolute atomic E-state index is 12.5. The molecule has 2 aromatic rings. The molecule has 1 aromatic heterocycles. The number of rotatable bonds is 7. The van der Waals surface area contributed by atoms with Gasteiger partial charge >= 0.3 is 0 Å². The van der Waals surface area contributed by atoms with Gasteiger partial charge < -0.3 is 14.4 Å². The number of thiophene rings is 1. The van der Waals surface area contributed by atoms with E-state index in [1.807, 2.05) is 34.5 Å². The third kappa shape index (κ3) is 4.07. The van der Waals surface area contributed by atoms with E-state index >= 15 is 0 Å². The van der Waals surface area contributed by atoms with Gasteiger partial charge in [0, 0.05) is 25.9 Å². The Morgan fingerprint density at radius 1 is 1.12 bits per heavy atom. The fourth-order valence-corrected chi connectivity index (χ4v) is 3.91. The van der Waals surface area contributed by atoms with E-state index < -0.39 is 0 Å². The van der Waals surface area contributed by atoms with Gasteiger partial charge in [0.25, 0.3) is 0 Å². The lowest BCUT2D eigenvalue weighted by Crippen LogP contribution is -2.35. The summed E-state index contributed by atoms with van der Waals surface area (Å²) in [6.07, 6.45) is 2.21. The highest BCUT2D eigenvalue weighted by Gasteiger charge is 2.22. The van der Waals surface area contributed by atoms with E-state index in [-0.39, 0.29) is 11.7 Å². The normalized spacial score (nSPS) is 13.2. The highest BCUT2D eigenvalue weighted by atomic mass is 32.1. The number of hydrogen-bond acceptors (Lipinski definition) is 5. The average molecular weight is 373 g/mol. The molecule has 26 heavy (non-hydrogen) atoms. The molecule has 0 radical (unpaired) electrons. The van der Waals surface area contributed by atoms with Crippen LogP contribution < -0.4 is 9.47 Å². The first-order valence-electron chi connectivity index (χ1n) is 8.70. The molecule has 0 spiro atoms. The SMILES string of the molecule is COc1cc2c(cc1OC)CN(C(=O)CCCC(=O)c1cccs1)CC2. The largest absolute Gasteiger partial charge is 0.493 e. The van der Waals surface area contributed by atoms with Crippen molar-refractivity contribution in [2.45, 2.75) is 32.2 Å². The van der Waals surface area contributed by atoms with Gasteiger partial charge in [-0.05, 0) is 47.5 Å². The van der Waals surface area contributed by atoms with Gasteiger partial charge in [-0.3, -0.25) is 9.59 Å². The molecule has 0 unspecified atom stereocenters. The molecule has 138 valence electrons. The van der Waals surface area contributed by atoms with E-state index in [0.29, 0.717) is 38.1 Å². The summed E-state index contributed by atoms with van der Waals surface area (Å²) in [7, 11) is 3.24. The number of carbonyl (C=O) groups is 2. The van der Waals surface area contributed by atoms with Crippen LogP contribution in [0.5, 0.6) is 11.5 Å². The quantitative estimate of drug-likeness (QED) is 0.695. The summed E-state index contributed by atoms with van der Waals surface area (Å²) >= 11 is 1.45. The molecule has 0 saturated heterocycles. The fraction of sp³-hybridized carbons (Fsp3) is 0.400. The fourth-order valence-electron chi connectivity index (χ4n) is 3.21. The minimum atomic E-state index is 0.101. The number of hydrogen-bond donors (Lipinski definition) is 0. The van der Waals surface area contributed by atoms with Gasteiger partial charge in [0.15, 0.2) is 17.3 Å². The Labute approximate surface area is 157 Å². The van der Waals surface area contributed by atoms with Gasteiger partial charge in [0.2, 0.25) is 5.91 Å². The molecule has 0 bridgehead atoms. The lowest BCUT2D eigenvalue weighted by molar-refractivity contribution is -0.132. The molecule has 0 aliphatic carbocycles. The van der Waals surface area contributed by atoms with Crippen molar-refractivity contribution >= 4 is 23.0 Å². The first-order valence-corrected chi connectivity index (χ1v) is 9.58. The number of fused-ring (bicyclic) bond motifs is 1. The first kappa shape index (κ1) is 18.5. The average Bonchev–Trinajstić information content (AvgIpc) is 3.21. The molecule has 0 saturated carbocycles. The van der Waals surface area contributed by atoms with Crippen LogP contribution in [-0.4, -0.2) is 37.4 Å². The van der Waals surface area contributed by atoms with Crippen LogP contribution in [0, 0.1) is 0 Å². The number of ketones is 1. The minimum absolute atomic E-state index is 0.101. The molecule has 5 nitrogen and oxygen atoms in total. The molecule has 6 heteroatoms. The van der Waals surface area contributed by atoms with Crippen molar-refractivity contribution in [3.05, 3.63) is 45.6 Å². The molecule has 0 atom stereocenters. The summed E-state index contributed by atoms with van der Waals surface area (Å²) in [4.78, 5) is 27.2. The summed E-state index contributed by atoms with van der Waals surface area (Å²) in [6, 6.07) is 7.65. The van der Waals surface area contributed by atoms with E-state index in [0.717, 1.165) is 22.6 Å². The first-order chi connectivity index (χ1) is 12.6. The number of ether oxygens (including phenoxy) is 2. The van der Waals surface area contributed by atoms with Gasteiger partial charge in [-0.1, -0.05) is 6.07 Å². The van der Waals surface area contributed by atoms with Gasteiger partial charge in [0.1, 0.15) is 0 Å². The van der Waals surface area contributed by atoms with Crippen LogP contribution in [0.15, 0.2) is 29.6 Å². The van der Waals surface area contributed by atoms with Crippen LogP contribution in [0.1, 0.15) is 40.1 Å².